The average molecular weight is 336 g/mol. The van der Waals surface area contributed by atoms with E-state index in [0.717, 1.165) is 13.1 Å². The lowest BCUT2D eigenvalue weighted by atomic mass is 10.2. The molecule has 1 aromatic carbocycles. The zero-order chi connectivity index (χ0) is 14.3. The summed E-state index contributed by atoms with van der Waals surface area (Å²) in [6.07, 6.45) is 0.385. The molecular weight excluding hydrogens is 309 g/mol. The molecule has 3 N–H and O–H groups in total. The van der Waals surface area contributed by atoms with Gasteiger partial charge in [-0.15, -0.1) is 24.8 Å². The predicted octanol–water partition coefficient (Wildman–Crippen LogP) is 2.52. The first-order chi connectivity index (χ1) is 9.02. The van der Waals surface area contributed by atoms with Crippen LogP contribution in [-0.2, 0) is 4.79 Å². The van der Waals surface area contributed by atoms with Gasteiger partial charge in [-0.3, -0.25) is 4.79 Å². The summed E-state index contributed by atoms with van der Waals surface area (Å²) in [5.74, 6) is 0.0234. The number of nitrogens with zero attached hydrogens (tertiary/aromatic N) is 1. The molecule has 0 saturated heterocycles. The molecule has 0 aromatic heterocycles. The van der Waals surface area contributed by atoms with Gasteiger partial charge < -0.3 is 16.0 Å². The van der Waals surface area contributed by atoms with Gasteiger partial charge in [0.25, 0.3) is 0 Å². The van der Waals surface area contributed by atoms with Crippen molar-refractivity contribution in [1.82, 2.24) is 5.32 Å². The molecule has 0 saturated carbocycles. The zero-order valence-corrected chi connectivity index (χ0v) is 14.6. The van der Waals surface area contributed by atoms with E-state index in [1.807, 2.05) is 6.92 Å². The Kier molecular flexibility index (Phi) is 12.4. The second-order valence-electron chi connectivity index (χ2n) is 4.95. The van der Waals surface area contributed by atoms with E-state index < -0.39 is 0 Å². The maximum Gasteiger partial charge on any atom is 0.221 e. The van der Waals surface area contributed by atoms with Gasteiger partial charge in [0.1, 0.15) is 0 Å². The molecule has 0 fully saturated rings. The molecule has 0 bridgehead atoms. The number of likely N-dealkylation sites (N-methyl/N-ethyl adjacent to an activating group) is 1. The van der Waals surface area contributed by atoms with Crippen molar-refractivity contribution in [3.05, 3.63) is 29.8 Å². The molecule has 0 aliphatic carbocycles. The Morgan fingerprint density at radius 2 is 2.05 bits per heavy atom. The number of nitrogens with two attached hydrogens (primary N) is 1. The minimum absolute atomic E-state index is 0. The van der Waals surface area contributed by atoms with Crippen molar-refractivity contribution in [1.29, 1.82) is 0 Å². The Labute approximate surface area is 140 Å². The average Bonchev–Trinajstić information content (AvgIpc) is 2.33. The molecule has 1 aromatic rings. The molecule has 21 heavy (non-hydrogen) atoms. The largest absolute Gasteiger partial charge is 0.370 e. The van der Waals surface area contributed by atoms with Gasteiger partial charge in [0.2, 0.25) is 5.91 Å². The number of carbonyl (C=O) groups is 1. The fourth-order valence-corrected chi connectivity index (χ4v) is 1.99. The molecule has 1 unspecified atom stereocenters. The van der Waals surface area contributed by atoms with Crippen LogP contribution in [-0.4, -0.2) is 31.6 Å². The minimum atomic E-state index is -0.0842. The van der Waals surface area contributed by atoms with Crippen LogP contribution in [0, 0.1) is 6.92 Å². The molecular formula is C15H27Cl2N3O. The number of amides is 1. The van der Waals surface area contributed by atoms with Crippen molar-refractivity contribution in [2.75, 3.05) is 24.5 Å². The molecule has 1 amide bonds. The Hall–Kier alpha value is -0.970. The number of aryl methyl sites for hydroxylation is 1. The van der Waals surface area contributed by atoms with Crippen LogP contribution in [0.5, 0.6) is 0 Å². The SMILES string of the molecule is CCN(CCNC(=O)CC(C)N)c1cccc(C)c1.Cl.Cl. The molecule has 6 heteroatoms. The van der Waals surface area contributed by atoms with Crippen molar-refractivity contribution in [2.45, 2.75) is 33.2 Å². The third-order valence-corrected chi connectivity index (χ3v) is 2.96. The van der Waals surface area contributed by atoms with Crippen LogP contribution in [0.1, 0.15) is 25.8 Å². The van der Waals surface area contributed by atoms with Gasteiger partial charge in [-0.1, -0.05) is 12.1 Å². The Bertz CT molecular complexity index is 414. The summed E-state index contributed by atoms with van der Waals surface area (Å²) in [6, 6.07) is 8.32. The van der Waals surface area contributed by atoms with Crippen molar-refractivity contribution in [3.63, 3.8) is 0 Å². The van der Waals surface area contributed by atoms with Crippen LogP contribution < -0.4 is 16.0 Å². The van der Waals surface area contributed by atoms with Crippen molar-refractivity contribution < 1.29 is 4.79 Å². The number of nitrogens with one attached hydrogen (secondary N) is 1. The van der Waals surface area contributed by atoms with E-state index in [4.69, 9.17) is 5.73 Å². The number of carbonyl (C=O) groups excluding carboxylic acids is 1. The Morgan fingerprint density at radius 3 is 2.57 bits per heavy atom. The van der Waals surface area contributed by atoms with Gasteiger partial charge in [-0.25, -0.2) is 0 Å². The normalized spacial score (nSPS) is 10.9. The van der Waals surface area contributed by atoms with Gasteiger partial charge in [-0.2, -0.15) is 0 Å². The van der Waals surface area contributed by atoms with Crippen LogP contribution in [0.4, 0.5) is 5.69 Å². The maximum atomic E-state index is 11.5. The van der Waals surface area contributed by atoms with Gasteiger partial charge in [0, 0.05) is 37.8 Å². The highest BCUT2D eigenvalue weighted by Crippen LogP contribution is 2.14. The van der Waals surface area contributed by atoms with E-state index in [9.17, 15) is 4.79 Å². The number of rotatable bonds is 7. The van der Waals surface area contributed by atoms with E-state index in [1.165, 1.54) is 11.3 Å². The molecule has 1 rings (SSSR count). The lowest BCUT2D eigenvalue weighted by Gasteiger charge is -2.23. The summed E-state index contributed by atoms with van der Waals surface area (Å²) >= 11 is 0. The van der Waals surface area contributed by atoms with Crippen LogP contribution in [0.3, 0.4) is 0 Å². The maximum absolute atomic E-state index is 11.5. The quantitative estimate of drug-likeness (QED) is 0.804. The highest BCUT2D eigenvalue weighted by atomic mass is 35.5. The third kappa shape index (κ3) is 8.81. The first-order valence-electron chi connectivity index (χ1n) is 6.86. The molecule has 122 valence electrons. The number of benzene rings is 1. The highest BCUT2D eigenvalue weighted by molar-refractivity contribution is 5.85. The van der Waals surface area contributed by atoms with Crippen LogP contribution >= 0.6 is 24.8 Å². The summed E-state index contributed by atoms with van der Waals surface area (Å²) in [6.45, 7) is 8.42. The smallest absolute Gasteiger partial charge is 0.221 e. The number of hydrogen-bond acceptors (Lipinski definition) is 3. The van der Waals surface area contributed by atoms with Crippen LogP contribution in [0.15, 0.2) is 24.3 Å². The third-order valence-electron chi connectivity index (χ3n) is 2.96. The molecule has 0 spiro atoms. The van der Waals surface area contributed by atoms with Crippen molar-refractivity contribution >= 4 is 36.4 Å². The first-order valence-corrected chi connectivity index (χ1v) is 6.86. The lowest BCUT2D eigenvalue weighted by Crippen LogP contribution is -2.36. The zero-order valence-electron chi connectivity index (χ0n) is 13.0. The van der Waals surface area contributed by atoms with E-state index in [-0.39, 0.29) is 36.8 Å². The Morgan fingerprint density at radius 1 is 1.38 bits per heavy atom. The second-order valence-corrected chi connectivity index (χ2v) is 4.95. The molecule has 0 aliphatic rings. The van der Waals surface area contributed by atoms with Crippen molar-refractivity contribution in [3.8, 4) is 0 Å². The number of hydrogen-bond donors (Lipinski definition) is 2. The summed E-state index contributed by atoms with van der Waals surface area (Å²) in [5, 5.41) is 2.90. The molecule has 1 atom stereocenters. The van der Waals surface area contributed by atoms with Gasteiger partial charge in [0.15, 0.2) is 0 Å². The second kappa shape index (κ2) is 11.7. The predicted molar refractivity (Wildman–Crippen MR) is 94.8 cm³/mol. The van der Waals surface area contributed by atoms with Crippen molar-refractivity contribution in [2.24, 2.45) is 5.73 Å². The number of halogens is 2. The summed E-state index contributed by atoms with van der Waals surface area (Å²) in [5.41, 5.74) is 8.03. The lowest BCUT2D eigenvalue weighted by molar-refractivity contribution is -0.121. The molecule has 0 aliphatic heterocycles. The first kappa shape index (κ1) is 22.3. The van der Waals surface area contributed by atoms with Gasteiger partial charge in [-0.05, 0) is 38.5 Å². The van der Waals surface area contributed by atoms with Crippen LogP contribution in [0.2, 0.25) is 0 Å². The highest BCUT2D eigenvalue weighted by Gasteiger charge is 2.07. The van der Waals surface area contributed by atoms with Crippen LogP contribution in [0.25, 0.3) is 0 Å². The molecule has 0 heterocycles. The summed E-state index contributed by atoms with van der Waals surface area (Å²) in [7, 11) is 0. The topological polar surface area (TPSA) is 58.4 Å². The number of anilines is 1. The summed E-state index contributed by atoms with van der Waals surface area (Å²) in [4.78, 5) is 13.8. The Balaban J connectivity index is 0. The standard InChI is InChI=1S/C15H25N3O.2ClH/c1-4-18(14-7-5-6-12(2)10-14)9-8-17-15(19)11-13(3)16;;/h5-7,10,13H,4,8-9,11,16H2,1-3H3,(H,17,19);2*1H. The molecule has 0 radical (unpaired) electrons. The van der Waals surface area contributed by atoms with Gasteiger partial charge in [0.05, 0.1) is 0 Å². The van der Waals surface area contributed by atoms with E-state index >= 15 is 0 Å². The summed E-state index contributed by atoms with van der Waals surface area (Å²) < 4.78 is 0. The fraction of sp³-hybridized carbons (Fsp3) is 0.533. The minimum Gasteiger partial charge on any atom is -0.370 e. The fourth-order valence-electron chi connectivity index (χ4n) is 1.99. The van der Waals surface area contributed by atoms with E-state index in [0.29, 0.717) is 13.0 Å². The monoisotopic (exact) mass is 335 g/mol. The van der Waals surface area contributed by atoms with E-state index in [2.05, 4.69) is 48.3 Å². The van der Waals surface area contributed by atoms with E-state index in [1.54, 1.807) is 0 Å². The molecule has 4 nitrogen and oxygen atoms in total. The van der Waals surface area contributed by atoms with Gasteiger partial charge >= 0.3 is 0 Å².